The number of carbonyl (C=O) groups excluding carboxylic acids is 2. The lowest BCUT2D eigenvalue weighted by Crippen LogP contribution is -2.53. The lowest BCUT2D eigenvalue weighted by atomic mass is 9.88. The van der Waals surface area contributed by atoms with Crippen molar-refractivity contribution in [3.05, 3.63) is 23.4 Å². The maximum Gasteiger partial charge on any atom is 0.319 e. The number of hydrogen-bond donors (Lipinski definition) is 2. The molecule has 2 atom stereocenters. The number of fused-ring (bicyclic) bond motifs is 2. The van der Waals surface area contributed by atoms with Gasteiger partial charge >= 0.3 is 12.0 Å². The van der Waals surface area contributed by atoms with Gasteiger partial charge in [-0.1, -0.05) is 12.2 Å². The summed E-state index contributed by atoms with van der Waals surface area (Å²) in [7, 11) is 0. The molecule has 2 heterocycles. The molecule has 5 nitrogen and oxygen atoms in total. The molecule has 2 aliphatic heterocycles. The van der Waals surface area contributed by atoms with E-state index in [9.17, 15) is 9.59 Å². The molecule has 1 saturated heterocycles. The Balaban J connectivity index is 2.06. The van der Waals surface area contributed by atoms with Crippen LogP contribution >= 0.6 is 0 Å². The van der Waals surface area contributed by atoms with Crippen LogP contribution in [0.25, 0.3) is 0 Å². The highest BCUT2D eigenvalue weighted by molar-refractivity contribution is 5.86. The van der Waals surface area contributed by atoms with Crippen LogP contribution in [0.15, 0.2) is 23.4 Å². The zero-order valence-electron chi connectivity index (χ0n) is 8.66. The Bertz CT molecular complexity index is 425. The summed E-state index contributed by atoms with van der Waals surface area (Å²) in [6.07, 6.45) is 5.53. The summed E-state index contributed by atoms with van der Waals surface area (Å²) in [5.41, 5.74) is 1.67. The van der Waals surface area contributed by atoms with Crippen LogP contribution in [0.3, 0.4) is 0 Å². The van der Waals surface area contributed by atoms with Crippen molar-refractivity contribution in [2.45, 2.75) is 18.9 Å². The van der Waals surface area contributed by atoms with Crippen molar-refractivity contribution < 1.29 is 14.3 Å². The summed E-state index contributed by atoms with van der Waals surface area (Å²) in [4.78, 5) is 23.0. The van der Waals surface area contributed by atoms with Crippen molar-refractivity contribution in [2.75, 3.05) is 6.54 Å². The lowest BCUT2D eigenvalue weighted by molar-refractivity contribution is -0.153. The average Bonchev–Trinajstić information content (AvgIpc) is 2.29. The fourth-order valence-electron chi connectivity index (χ4n) is 2.35. The minimum absolute atomic E-state index is 0.179. The van der Waals surface area contributed by atoms with Gasteiger partial charge < -0.3 is 15.4 Å². The van der Waals surface area contributed by atoms with Gasteiger partial charge in [0.1, 0.15) is 12.0 Å². The quantitative estimate of drug-likeness (QED) is 0.582. The number of nitrogens with one attached hydrogen (secondary N) is 2. The number of rotatable bonds is 0. The first-order chi connectivity index (χ1) is 7.75. The molecule has 2 unspecified atom stereocenters. The maximum atomic E-state index is 11.7. The van der Waals surface area contributed by atoms with Crippen LogP contribution in [-0.2, 0) is 9.53 Å². The van der Waals surface area contributed by atoms with Crippen LogP contribution in [0, 0.1) is 5.92 Å². The summed E-state index contributed by atoms with van der Waals surface area (Å²) < 4.78 is 5.36. The van der Waals surface area contributed by atoms with Gasteiger partial charge in [-0.25, -0.2) is 4.79 Å². The molecule has 0 aromatic carbocycles. The minimum atomic E-state index is -0.369. The SMILES string of the molecule is O=C1NCC2C(=O)OC3CCC=CC3=C2N1. The number of hydrogen-bond acceptors (Lipinski definition) is 3. The second-order valence-corrected chi connectivity index (χ2v) is 4.16. The average molecular weight is 220 g/mol. The Kier molecular flexibility index (Phi) is 1.99. The molecule has 1 aliphatic carbocycles. The Hall–Kier alpha value is -1.78. The van der Waals surface area contributed by atoms with Crippen molar-refractivity contribution in [2.24, 2.45) is 5.92 Å². The number of ether oxygens (including phenoxy) is 1. The fourth-order valence-corrected chi connectivity index (χ4v) is 2.35. The third-order valence-corrected chi connectivity index (χ3v) is 3.16. The van der Waals surface area contributed by atoms with E-state index in [1.807, 2.05) is 12.2 Å². The number of carbonyl (C=O) groups is 2. The Morgan fingerprint density at radius 1 is 1.38 bits per heavy atom. The minimum Gasteiger partial charge on any atom is -0.457 e. The Morgan fingerprint density at radius 3 is 3.12 bits per heavy atom. The molecule has 0 aromatic rings. The molecule has 0 saturated carbocycles. The summed E-state index contributed by atoms with van der Waals surface area (Å²) in [5, 5.41) is 5.32. The molecule has 2 N–H and O–H groups in total. The van der Waals surface area contributed by atoms with Crippen molar-refractivity contribution >= 4 is 12.0 Å². The van der Waals surface area contributed by atoms with E-state index in [1.165, 1.54) is 0 Å². The van der Waals surface area contributed by atoms with E-state index >= 15 is 0 Å². The predicted molar refractivity (Wildman–Crippen MR) is 55.3 cm³/mol. The first-order valence-corrected chi connectivity index (χ1v) is 5.41. The van der Waals surface area contributed by atoms with Crippen LogP contribution < -0.4 is 10.6 Å². The molecule has 2 amide bonds. The van der Waals surface area contributed by atoms with Gasteiger partial charge in [-0.05, 0) is 12.8 Å². The summed E-state index contributed by atoms with van der Waals surface area (Å²) in [5.74, 6) is -0.613. The normalized spacial score (nSPS) is 32.2. The molecule has 16 heavy (non-hydrogen) atoms. The highest BCUT2D eigenvalue weighted by Crippen LogP contribution is 2.32. The number of allylic oxidation sites excluding steroid dienone is 1. The van der Waals surface area contributed by atoms with Gasteiger partial charge in [0, 0.05) is 17.8 Å². The van der Waals surface area contributed by atoms with E-state index in [1.54, 1.807) is 0 Å². The van der Waals surface area contributed by atoms with Crippen LogP contribution in [-0.4, -0.2) is 24.6 Å². The molecule has 0 bridgehead atoms. The zero-order valence-corrected chi connectivity index (χ0v) is 8.66. The van der Waals surface area contributed by atoms with Crippen LogP contribution in [0.5, 0.6) is 0 Å². The van der Waals surface area contributed by atoms with E-state index in [0.717, 1.165) is 24.1 Å². The van der Waals surface area contributed by atoms with Gasteiger partial charge in [0.15, 0.2) is 0 Å². The molecule has 0 spiro atoms. The van der Waals surface area contributed by atoms with Crippen molar-refractivity contribution in [1.82, 2.24) is 10.6 Å². The summed E-state index contributed by atoms with van der Waals surface area (Å²) in [6, 6.07) is -0.244. The summed E-state index contributed by atoms with van der Waals surface area (Å²) in [6.45, 7) is 0.323. The third-order valence-electron chi connectivity index (χ3n) is 3.16. The molecular formula is C11H12N2O3. The Labute approximate surface area is 92.5 Å². The van der Waals surface area contributed by atoms with Crippen molar-refractivity contribution in [3.63, 3.8) is 0 Å². The number of amides is 2. The molecule has 3 rings (SSSR count). The highest BCUT2D eigenvalue weighted by Gasteiger charge is 2.40. The maximum absolute atomic E-state index is 11.7. The van der Waals surface area contributed by atoms with Crippen molar-refractivity contribution in [1.29, 1.82) is 0 Å². The van der Waals surface area contributed by atoms with Gasteiger partial charge in [0.25, 0.3) is 0 Å². The second-order valence-electron chi connectivity index (χ2n) is 4.16. The highest BCUT2D eigenvalue weighted by atomic mass is 16.5. The van der Waals surface area contributed by atoms with Crippen LogP contribution in [0.1, 0.15) is 12.8 Å². The second kappa shape index (κ2) is 3.37. The predicted octanol–water partition coefficient (Wildman–Crippen LogP) is 0.445. The molecule has 84 valence electrons. The van der Waals surface area contributed by atoms with Gasteiger partial charge in [-0.2, -0.15) is 0 Å². The van der Waals surface area contributed by atoms with Gasteiger partial charge in [-0.15, -0.1) is 0 Å². The first kappa shape index (κ1) is 9.45. The largest absolute Gasteiger partial charge is 0.457 e. The summed E-state index contributed by atoms with van der Waals surface area (Å²) >= 11 is 0. The first-order valence-electron chi connectivity index (χ1n) is 5.41. The van der Waals surface area contributed by atoms with E-state index in [4.69, 9.17) is 4.74 Å². The molecule has 0 radical (unpaired) electrons. The molecule has 0 aromatic heterocycles. The molecule has 1 fully saturated rings. The van der Waals surface area contributed by atoms with Crippen LogP contribution in [0.4, 0.5) is 4.79 Å². The molecule has 3 aliphatic rings. The number of urea groups is 1. The smallest absolute Gasteiger partial charge is 0.319 e. The Morgan fingerprint density at radius 2 is 2.25 bits per heavy atom. The topological polar surface area (TPSA) is 67.4 Å². The van der Waals surface area contributed by atoms with Gasteiger partial charge in [0.2, 0.25) is 0 Å². The zero-order chi connectivity index (χ0) is 11.1. The third kappa shape index (κ3) is 1.31. The molecule has 5 heteroatoms. The number of esters is 1. The van der Waals surface area contributed by atoms with E-state index in [-0.39, 0.29) is 24.0 Å². The van der Waals surface area contributed by atoms with Gasteiger partial charge in [0.05, 0.1) is 0 Å². The van der Waals surface area contributed by atoms with Gasteiger partial charge in [-0.3, -0.25) is 4.79 Å². The lowest BCUT2D eigenvalue weighted by Gasteiger charge is -2.36. The molecular weight excluding hydrogens is 208 g/mol. The fraction of sp³-hybridized carbons (Fsp3) is 0.455. The standard InChI is InChI=1S/C11H12N2O3/c14-10-7-5-12-11(15)13-9(7)6-3-1-2-4-8(6)16-10/h1,3,7-8H,2,4-5H2,(H2,12,13,15). The van der Waals surface area contributed by atoms with E-state index < -0.39 is 0 Å². The van der Waals surface area contributed by atoms with Crippen LogP contribution in [0.2, 0.25) is 0 Å². The van der Waals surface area contributed by atoms with E-state index in [2.05, 4.69) is 10.6 Å². The monoisotopic (exact) mass is 220 g/mol. The van der Waals surface area contributed by atoms with E-state index in [0.29, 0.717) is 6.54 Å². The van der Waals surface area contributed by atoms with Crippen molar-refractivity contribution in [3.8, 4) is 0 Å².